The summed E-state index contributed by atoms with van der Waals surface area (Å²) in [6.07, 6.45) is 13.8. The van der Waals surface area contributed by atoms with E-state index in [2.05, 4.69) is 13.8 Å². The number of unbranched alkanes of at least 4 members (excludes halogenated alkanes) is 12. The van der Waals surface area contributed by atoms with Crippen LogP contribution >= 0.6 is 0 Å². The summed E-state index contributed by atoms with van der Waals surface area (Å²) >= 11 is 0. The molecular weight excluding hydrogens is 443 g/mol. The Balaban J connectivity index is -0.00000450. The number of hydrogen-bond acceptors (Lipinski definition) is 6. The molecule has 0 saturated heterocycles. The largest absolute Gasteiger partial charge is 1.00 e. The summed E-state index contributed by atoms with van der Waals surface area (Å²) in [5.74, 6) is -1.95. The van der Waals surface area contributed by atoms with Crippen LogP contribution in [0.15, 0.2) is 0 Å². The zero-order valence-electron chi connectivity index (χ0n) is 21.8. The van der Waals surface area contributed by atoms with Gasteiger partial charge in [0.05, 0.1) is 19.6 Å². The van der Waals surface area contributed by atoms with Crippen molar-refractivity contribution in [2.75, 3.05) is 13.2 Å². The Hall–Kier alpha value is -0.150. The van der Waals surface area contributed by atoms with E-state index in [1.807, 2.05) is 0 Å². The molecule has 0 fully saturated rings. The van der Waals surface area contributed by atoms with E-state index in [4.69, 9.17) is 9.47 Å². The number of carbonyl (C=O) groups is 2. The van der Waals surface area contributed by atoms with E-state index in [1.165, 1.54) is 38.5 Å². The molecule has 0 saturated carbocycles. The summed E-state index contributed by atoms with van der Waals surface area (Å²) in [4.78, 5) is 24.4. The summed E-state index contributed by atoms with van der Waals surface area (Å²) in [6.45, 7) is 5.54. The van der Waals surface area contributed by atoms with Crippen LogP contribution in [0.25, 0.3) is 0 Å². The molecule has 186 valence electrons. The van der Waals surface area contributed by atoms with Gasteiger partial charge in [0.15, 0.2) is 0 Å². The fraction of sp³-hybridized carbons (Fsp3) is 0.913. The van der Waals surface area contributed by atoms with Gasteiger partial charge in [0, 0.05) is 0 Å². The standard InChI is InChI=1S/C23H44O7S.Na.H/c1-4-6-8-10-12-14-16-18-29-21(24)20-23(3,31(26,27)28)22(25)30-19-17-15-13-11-9-7-5-2;;/h4-20H2,1-3H3,(H,26,27,28);;/q;+1;-1. The van der Waals surface area contributed by atoms with Crippen molar-refractivity contribution in [1.82, 2.24) is 0 Å². The predicted octanol–water partition coefficient (Wildman–Crippen LogP) is 2.73. The Morgan fingerprint density at radius 1 is 0.750 bits per heavy atom. The van der Waals surface area contributed by atoms with E-state index in [9.17, 15) is 22.6 Å². The molecular formula is C23H45NaO7S. The topological polar surface area (TPSA) is 107 Å². The third-order valence-corrected chi connectivity index (χ3v) is 6.92. The van der Waals surface area contributed by atoms with Crippen molar-refractivity contribution in [3.05, 3.63) is 0 Å². The average molecular weight is 489 g/mol. The summed E-state index contributed by atoms with van der Waals surface area (Å²) in [5.41, 5.74) is 0. The molecule has 0 heterocycles. The predicted molar refractivity (Wildman–Crippen MR) is 124 cm³/mol. The molecule has 1 atom stereocenters. The summed E-state index contributed by atoms with van der Waals surface area (Å²) in [5, 5.41) is 0. The van der Waals surface area contributed by atoms with E-state index in [0.29, 0.717) is 12.8 Å². The van der Waals surface area contributed by atoms with Gasteiger partial charge in [0.1, 0.15) is 0 Å². The van der Waals surface area contributed by atoms with Crippen LogP contribution in [0.3, 0.4) is 0 Å². The number of esters is 2. The maximum absolute atomic E-state index is 12.4. The fourth-order valence-electron chi connectivity index (χ4n) is 3.22. The maximum Gasteiger partial charge on any atom is 1.00 e. The second kappa shape index (κ2) is 20.2. The molecule has 7 nitrogen and oxygen atoms in total. The van der Waals surface area contributed by atoms with Crippen LogP contribution in [0.2, 0.25) is 0 Å². The van der Waals surface area contributed by atoms with Crippen molar-refractivity contribution in [3.8, 4) is 0 Å². The molecule has 1 unspecified atom stereocenters. The quantitative estimate of drug-likeness (QED) is 0.122. The summed E-state index contributed by atoms with van der Waals surface area (Å²) in [6, 6.07) is 0. The number of hydrogen-bond donors (Lipinski definition) is 1. The molecule has 0 amide bonds. The number of ether oxygens (including phenoxy) is 2. The van der Waals surface area contributed by atoms with Crippen LogP contribution in [0.5, 0.6) is 0 Å². The minimum Gasteiger partial charge on any atom is -1.00 e. The molecule has 0 aliphatic rings. The van der Waals surface area contributed by atoms with Crippen molar-refractivity contribution < 1.29 is 63.0 Å². The van der Waals surface area contributed by atoms with E-state index >= 15 is 0 Å². The van der Waals surface area contributed by atoms with Gasteiger partial charge >= 0.3 is 41.5 Å². The summed E-state index contributed by atoms with van der Waals surface area (Å²) < 4.78 is 41.0. The number of rotatable bonds is 20. The van der Waals surface area contributed by atoms with Crippen LogP contribution in [-0.4, -0.2) is 42.9 Å². The smallest absolute Gasteiger partial charge is 1.00 e. The van der Waals surface area contributed by atoms with Crippen LogP contribution < -0.4 is 29.6 Å². The minimum absolute atomic E-state index is 0. The van der Waals surface area contributed by atoms with Gasteiger partial charge in [-0.25, -0.2) is 0 Å². The number of carbonyl (C=O) groups excluding carboxylic acids is 2. The van der Waals surface area contributed by atoms with Crippen molar-refractivity contribution in [3.63, 3.8) is 0 Å². The second-order valence-corrected chi connectivity index (χ2v) is 10.3. The summed E-state index contributed by atoms with van der Waals surface area (Å²) in [7, 11) is -4.84. The van der Waals surface area contributed by atoms with Gasteiger partial charge in [-0.1, -0.05) is 90.9 Å². The van der Waals surface area contributed by atoms with Crippen molar-refractivity contribution >= 4 is 22.1 Å². The first-order valence-electron chi connectivity index (χ1n) is 12.0. The molecule has 32 heavy (non-hydrogen) atoms. The molecule has 0 aliphatic carbocycles. The van der Waals surface area contributed by atoms with Gasteiger partial charge < -0.3 is 10.9 Å². The zero-order valence-corrected chi connectivity index (χ0v) is 23.6. The second-order valence-electron chi connectivity index (χ2n) is 8.48. The van der Waals surface area contributed by atoms with Gasteiger partial charge in [-0.05, 0) is 19.8 Å². The van der Waals surface area contributed by atoms with Gasteiger partial charge in [-0.3, -0.25) is 14.1 Å². The molecule has 0 aromatic rings. The van der Waals surface area contributed by atoms with Gasteiger partial charge in [0.2, 0.25) is 4.75 Å². The Morgan fingerprint density at radius 2 is 1.12 bits per heavy atom. The van der Waals surface area contributed by atoms with Crippen molar-refractivity contribution in [2.24, 2.45) is 0 Å². The van der Waals surface area contributed by atoms with Crippen molar-refractivity contribution in [2.45, 2.75) is 122 Å². The van der Waals surface area contributed by atoms with Crippen LogP contribution in [0.4, 0.5) is 0 Å². The molecule has 0 spiro atoms. The Morgan fingerprint density at radius 3 is 1.53 bits per heavy atom. The first-order valence-corrected chi connectivity index (χ1v) is 13.4. The Kier molecular flexibility index (Phi) is 21.5. The van der Waals surface area contributed by atoms with Crippen LogP contribution in [0, 0.1) is 0 Å². The normalized spacial score (nSPS) is 13.1. The van der Waals surface area contributed by atoms with Crippen molar-refractivity contribution in [1.29, 1.82) is 0 Å². The van der Waals surface area contributed by atoms with Gasteiger partial charge in [0.25, 0.3) is 10.1 Å². The molecule has 0 bridgehead atoms. The molecule has 0 aliphatic heterocycles. The first-order chi connectivity index (χ1) is 14.7. The van der Waals surface area contributed by atoms with Crippen LogP contribution in [-0.2, 0) is 29.2 Å². The van der Waals surface area contributed by atoms with Gasteiger partial charge in [-0.2, -0.15) is 8.42 Å². The van der Waals surface area contributed by atoms with E-state index in [1.54, 1.807) is 0 Å². The average Bonchev–Trinajstić information content (AvgIpc) is 2.70. The molecule has 0 aromatic heterocycles. The molecule has 0 aromatic carbocycles. The Labute approximate surface area is 219 Å². The first kappa shape index (κ1) is 34.0. The van der Waals surface area contributed by atoms with E-state index < -0.39 is 33.2 Å². The Bertz CT molecular complexity index is 602. The van der Waals surface area contributed by atoms with E-state index in [-0.39, 0.29) is 44.2 Å². The molecule has 1 N–H and O–H groups in total. The maximum atomic E-state index is 12.4. The van der Waals surface area contributed by atoms with Crippen LogP contribution in [0.1, 0.15) is 119 Å². The monoisotopic (exact) mass is 488 g/mol. The zero-order chi connectivity index (χ0) is 23.6. The SMILES string of the molecule is CCCCCCCCCOC(=O)CC(C)(C(=O)OCCCCCCCCC)S(=O)(=O)O.[H-].[Na+]. The van der Waals surface area contributed by atoms with E-state index in [0.717, 1.165) is 45.4 Å². The molecule has 0 rings (SSSR count). The fourth-order valence-corrected chi connectivity index (χ4v) is 3.79. The minimum atomic E-state index is -4.84. The third kappa shape index (κ3) is 15.6. The molecule has 0 radical (unpaired) electrons. The van der Waals surface area contributed by atoms with Gasteiger partial charge in [-0.15, -0.1) is 0 Å². The third-order valence-electron chi connectivity index (χ3n) is 5.47. The molecule has 9 heteroatoms.